The highest BCUT2D eigenvalue weighted by molar-refractivity contribution is 5.56. The zero-order valence-electron chi connectivity index (χ0n) is 13.8. The van der Waals surface area contributed by atoms with Gasteiger partial charge < -0.3 is 5.32 Å². The van der Waals surface area contributed by atoms with Crippen LogP contribution in [-0.2, 0) is 6.42 Å². The van der Waals surface area contributed by atoms with Crippen molar-refractivity contribution in [2.75, 3.05) is 13.6 Å². The van der Waals surface area contributed by atoms with Crippen LogP contribution in [0.2, 0.25) is 0 Å². The van der Waals surface area contributed by atoms with Gasteiger partial charge in [-0.2, -0.15) is 5.10 Å². The van der Waals surface area contributed by atoms with Crippen molar-refractivity contribution >= 4 is 0 Å². The Morgan fingerprint density at radius 3 is 2.30 bits per heavy atom. The summed E-state index contributed by atoms with van der Waals surface area (Å²) in [5, 5.41) is 11.5. The maximum Gasteiger partial charge on any atom is 0.151 e. The molecule has 1 N–H and O–H groups in total. The molecule has 1 unspecified atom stereocenters. The molecule has 1 aromatic heterocycles. The molecule has 1 aromatic carbocycles. The van der Waals surface area contributed by atoms with E-state index in [-0.39, 0.29) is 0 Å². The predicted octanol–water partition coefficient (Wildman–Crippen LogP) is 3.45. The third-order valence-electron chi connectivity index (χ3n) is 3.53. The molecule has 4 nitrogen and oxygen atoms in total. The Morgan fingerprint density at radius 2 is 1.65 bits per heavy atom. The summed E-state index contributed by atoms with van der Waals surface area (Å²) in [6.07, 6.45) is 3.67. The van der Waals surface area contributed by atoms with Crippen molar-refractivity contribution in [1.82, 2.24) is 20.5 Å². The van der Waals surface area contributed by atoms with Gasteiger partial charge in [-0.3, -0.25) is 0 Å². The Hall–Kier alpha value is -2.33. The van der Waals surface area contributed by atoms with Crippen LogP contribution < -0.4 is 5.32 Å². The van der Waals surface area contributed by atoms with Crippen LogP contribution in [0, 0.1) is 5.92 Å². The van der Waals surface area contributed by atoms with E-state index in [2.05, 4.69) is 27.4 Å². The molecule has 0 aliphatic carbocycles. The maximum atomic E-state index is 4.68. The van der Waals surface area contributed by atoms with Gasteiger partial charge in [0.15, 0.2) is 5.82 Å². The highest BCUT2D eigenvalue weighted by atomic mass is 15.1. The molecule has 120 valence electrons. The Kier molecular flexibility index (Phi) is 7.14. The van der Waals surface area contributed by atoms with Crippen LogP contribution in [0.15, 0.2) is 60.8 Å². The zero-order valence-corrected chi connectivity index (χ0v) is 13.8. The summed E-state index contributed by atoms with van der Waals surface area (Å²) in [5.41, 5.74) is 1.88. The Bertz CT molecular complexity index is 631. The molecule has 2 rings (SSSR count). The van der Waals surface area contributed by atoms with E-state index in [4.69, 9.17) is 0 Å². The molecule has 1 atom stereocenters. The maximum absolute atomic E-state index is 4.68. The first-order valence-electron chi connectivity index (χ1n) is 8.01. The van der Waals surface area contributed by atoms with E-state index < -0.39 is 0 Å². The van der Waals surface area contributed by atoms with Crippen molar-refractivity contribution in [3.8, 4) is 11.3 Å². The summed E-state index contributed by atoms with van der Waals surface area (Å²) < 4.78 is 0. The minimum Gasteiger partial charge on any atom is -0.320 e. The van der Waals surface area contributed by atoms with E-state index in [1.807, 2.05) is 61.6 Å². The Balaban J connectivity index is 2.22. The predicted molar refractivity (Wildman–Crippen MR) is 94.3 cm³/mol. The van der Waals surface area contributed by atoms with Crippen LogP contribution in [0.1, 0.15) is 19.2 Å². The molecular weight excluding hydrogens is 284 g/mol. The largest absolute Gasteiger partial charge is 0.320 e. The van der Waals surface area contributed by atoms with Gasteiger partial charge in [-0.05, 0) is 25.9 Å². The van der Waals surface area contributed by atoms with Crippen molar-refractivity contribution < 1.29 is 0 Å². The third-order valence-corrected chi connectivity index (χ3v) is 3.53. The minimum atomic E-state index is 0.529. The number of hydrogen-bond acceptors (Lipinski definition) is 4. The van der Waals surface area contributed by atoms with Gasteiger partial charge in [-0.25, -0.2) is 4.98 Å². The van der Waals surface area contributed by atoms with E-state index >= 15 is 0 Å². The number of rotatable bonds is 6. The molecule has 0 radical (unpaired) electrons. The molecule has 0 saturated heterocycles. The van der Waals surface area contributed by atoms with Gasteiger partial charge in [0.25, 0.3) is 0 Å². The first-order valence-corrected chi connectivity index (χ1v) is 8.01. The molecule has 0 amide bonds. The van der Waals surface area contributed by atoms with E-state index in [9.17, 15) is 0 Å². The average molecular weight is 308 g/mol. The van der Waals surface area contributed by atoms with Gasteiger partial charge in [0.2, 0.25) is 0 Å². The van der Waals surface area contributed by atoms with Crippen molar-refractivity contribution in [3.63, 3.8) is 0 Å². The van der Waals surface area contributed by atoms with Crippen molar-refractivity contribution in [2.24, 2.45) is 5.92 Å². The van der Waals surface area contributed by atoms with Crippen LogP contribution in [-0.4, -0.2) is 28.8 Å². The smallest absolute Gasteiger partial charge is 0.151 e. The molecule has 4 heteroatoms. The van der Waals surface area contributed by atoms with Gasteiger partial charge in [0.05, 0.1) is 11.9 Å². The molecule has 0 aliphatic heterocycles. The fourth-order valence-electron chi connectivity index (χ4n) is 2.24. The van der Waals surface area contributed by atoms with E-state index in [1.165, 1.54) is 0 Å². The lowest BCUT2D eigenvalue weighted by molar-refractivity contribution is 0.500. The second-order valence-electron chi connectivity index (χ2n) is 5.60. The van der Waals surface area contributed by atoms with Crippen LogP contribution in [0.3, 0.4) is 0 Å². The molecule has 0 bridgehead atoms. The fourth-order valence-corrected chi connectivity index (χ4v) is 2.24. The van der Waals surface area contributed by atoms with Crippen LogP contribution in [0.5, 0.6) is 0 Å². The first-order chi connectivity index (χ1) is 11.3. The van der Waals surface area contributed by atoms with Gasteiger partial charge in [0, 0.05) is 12.0 Å². The number of aromatic nitrogens is 3. The monoisotopic (exact) mass is 308 g/mol. The van der Waals surface area contributed by atoms with E-state index in [1.54, 1.807) is 6.20 Å². The lowest BCUT2D eigenvalue weighted by Crippen LogP contribution is -2.14. The molecule has 2 aromatic rings. The molecule has 0 saturated carbocycles. The summed E-state index contributed by atoms with van der Waals surface area (Å²) in [4.78, 5) is 4.68. The highest BCUT2D eigenvalue weighted by Crippen LogP contribution is 2.15. The molecule has 1 heterocycles. The first kappa shape index (κ1) is 17.0. The van der Waals surface area contributed by atoms with Crippen LogP contribution >= 0.6 is 0 Å². The molecule has 0 spiro atoms. The molecule has 23 heavy (non-hydrogen) atoms. The Labute approximate surface area is 138 Å². The normalized spacial score (nSPS) is 11.6. The fraction of sp³-hybridized carbons (Fsp3) is 0.316. The lowest BCUT2D eigenvalue weighted by Gasteiger charge is -2.09. The molecule has 0 fully saturated rings. The molecular formula is C19H24N4. The van der Waals surface area contributed by atoms with Gasteiger partial charge >= 0.3 is 0 Å². The van der Waals surface area contributed by atoms with Gasteiger partial charge in [0.1, 0.15) is 0 Å². The number of nitrogens with zero attached hydrogens (tertiary/aromatic N) is 3. The lowest BCUT2D eigenvalue weighted by atomic mass is 10.0. The average Bonchev–Trinajstić information content (AvgIpc) is 2.58. The topological polar surface area (TPSA) is 50.7 Å². The minimum absolute atomic E-state index is 0.529. The standard InChI is InChI=1S/C19H24N4/c1-16(12-13-20-2)14-19-22-18(15-21-23-19)17-10-8-6-4-3-5-7-9-11-17/h3-11,15-16,20H,12-14H2,1-2H3. The van der Waals surface area contributed by atoms with Crippen molar-refractivity contribution in [3.05, 3.63) is 66.6 Å². The number of nitrogens with one attached hydrogen (secondary N) is 1. The third kappa shape index (κ3) is 6.12. The molecule has 0 aliphatic rings. The zero-order chi connectivity index (χ0) is 16.3. The summed E-state index contributed by atoms with van der Waals surface area (Å²) in [6, 6.07) is 18.1. The number of hydrogen-bond donors (Lipinski definition) is 1. The summed E-state index contributed by atoms with van der Waals surface area (Å²) in [7, 11) is 1.97. The van der Waals surface area contributed by atoms with Gasteiger partial charge in [-0.15, -0.1) is 5.10 Å². The summed E-state index contributed by atoms with van der Waals surface area (Å²) in [5.74, 6) is 1.33. The second kappa shape index (κ2) is 9.64. The quantitative estimate of drug-likeness (QED) is 0.888. The summed E-state index contributed by atoms with van der Waals surface area (Å²) in [6.45, 7) is 3.22. The second-order valence-corrected chi connectivity index (χ2v) is 5.60. The van der Waals surface area contributed by atoms with E-state index in [0.717, 1.165) is 36.5 Å². The summed E-state index contributed by atoms with van der Waals surface area (Å²) >= 11 is 0. The van der Waals surface area contributed by atoms with Crippen LogP contribution in [0.25, 0.3) is 11.3 Å². The van der Waals surface area contributed by atoms with Gasteiger partial charge in [-0.1, -0.05) is 61.5 Å². The van der Waals surface area contributed by atoms with Crippen molar-refractivity contribution in [2.45, 2.75) is 19.8 Å². The Morgan fingerprint density at radius 1 is 1.00 bits per heavy atom. The highest BCUT2D eigenvalue weighted by Gasteiger charge is 2.08. The van der Waals surface area contributed by atoms with E-state index in [0.29, 0.717) is 5.92 Å². The van der Waals surface area contributed by atoms with Crippen LogP contribution in [0.4, 0.5) is 0 Å². The SMILES string of the molecule is CNCCC(C)Cc1nncc(-c2ccccccccc2)n1. The van der Waals surface area contributed by atoms with Crippen molar-refractivity contribution in [1.29, 1.82) is 0 Å².